The van der Waals surface area contributed by atoms with Crippen LogP contribution < -0.4 is 10.1 Å². The van der Waals surface area contributed by atoms with E-state index in [2.05, 4.69) is 22.4 Å². The first-order valence-electron chi connectivity index (χ1n) is 10.5. The van der Waals surface area contributed by atoms with E-state index < -0.39 is 0 Å². The minimum absolute atomic E-state index is 0.204. The Balaban J connectivity index is 1.49. The molecule has 3 heterocycles. The second-order valence-corrected chi connectivity index (χ2v) is 8.25. The first-order chi connectivity index (χ1) is 15.0. The molecule has 1 N–H and O–H groups in total. The van der Waals surface area contributed by atoms with E-state index in [1.807, 2.05) is 32.3 Å². The lowest BCUT2D eigenvalue weighted by Gasteiger charge is -2.19. The van der Waals surface area contributed by atoms with Gasteiger partial charge in [-0.15, -0.1) is 0 Å². The Labute approximate surface area is 179 Å². The highest BCUT2D eigenvalue weighted by Crippen LogP contribution is 2.34. The largest absolute Gasteiger partial charge is 0.489 e. The van der Waals surface area contributed by atoms with Crippen LogP contribution in [0.2, 0.25) is 0 Å². The molecule has 2 atom stereocenters. The number of pyridine rings is 1. The predicted molar refractivity (Wildman–Crippen MR) is 118 cm³/mol. The third kappa shape index (κ3) is 3.73. The van der Waals surface area contributed by atoms with Crippen molar-refractivity contribution >= 4 is 22.7 Å². The van der Waals surface area contributed by atoms with E-state index in [4.69, 9.17) is 9.72 Å². The molecule has 1 saturated carbocycles. The molecule has 1 aliphatic carbocycles. The van der Waals surface area contributed by atoms with Gasteiger partial charge in [-0.25, -0.2) is 9.37 Å². The standard InChI is InChI=1S/C23H25FN6O/c1-14-6-4-9-19(14)31-20-12-21(27-23-17(20)13-25-30(23)3)26-22-11-18(28-29(22)2)15-7-5-8-16(24)10-15/h5,7-8,10-14,19H,4,6,9H2,1-3H3,(H,26,27). The Bertz CT molecular complexity index is 1250. The van der Waals surface area contributed by atoms with Crippen LogP contribution in [-0.2, 0) is 14.1 Å². The highest BCUT2D eigenvalue weighted by atomic mass is 19.1. The van der Waals surface area contributed by atoms with Crippen molar-refractivity contribution in [2.75, 3.05) is 5.32 Å². The Hall–Kier alpha value is -3.42. The molecule has 8 heteroatoms. The molecule has 4 aromatic rings. The number of nitrogens with zero attached hydrogens (tertiary/aromatic N) is 5. The number of benzene rings is 1. The minimum Gasteiger partial charge on any atom is -0.489 e. The van der Waals surface area contributed by atoms with Gasteiger partial charge in [-0.3, -0.25) is 9.36 Å². The highest BCUT2D eigenvalue weighted by molar-refractivity contribution is 5.84. The molecule has 0 aliphatic heterocycles. The van der Waals surface area contributed by atoms with Crippen LogP contribution in [0.4, 0.5) is 16.0 Å². The fraction of sp³-hybridized carbons (Fsp3) is 0.348. The van der Waals surface area contributed by atoms with Crippen molar-refractivity contribution in [2.24, 2.45) is 20.0 Å². The van der Waals surface area contributed by atoms with E-state index in [1.165, 1.54) is 25.0 Å². The molecule has 3 aromatic heterocycles. The number of halogens is 1. The van der Waals surface area contributed by atoms with E-state index in [0.717, 1.165) is 34.6 Å². The van der Waals surface area contributed by atoms with E-state index in [0.29, 0.717) is 17.4 Å². The maximum atomic E-state index is 13.6. The number of hydrogen-bond acceptors (Lipinski definition) is 5. The summed E-state index contributed by atoms with van der Waals surface area (Å²) in [5.41, 5.74) is 2.15. The minimum atomic E-state index is -0.288. The normalized spacial score (nSPS) is 18.6. The van der Waals surface area contributed by atoms with Crippen molar-refractivity contribution in [2.45, 2.75) is 32.3 Å². The molecule has 0 bridgehead atoms. The van der Waals surface area contributed by atoms with E-state index in [-0.39, 0.29) is 11.9 Å². The average Bonchev–Trinajstić information content (AvgIpc) is 3.43. The van der Waals surface area contributed by atoms with E-state index >= 15 is 0 Å². The summed E-state index contributed by atoms with van der Waals surface area (Å²) in [7, 11) is 3.71. The summed E-state index contributed by atoms with van der Waals surface area (Å²) in [5.74, 6) is 2.41. The lowest BCUT2D eigenvalue weighted by atomic mass is 10.1. The first-order valence-corrected chi connectivity index (χ1v) is 10.5. The van der Waals surface area contributed by atoms with Crippen molar-refractivity contribution in [3.63, 3.8) is 0 Å². The third-order valence-corrected chi connectivity index (χ3v) is 5.98. The summed E-state index contributed by atoms with van der Waals surface area (Å²) >= 11 is 0. The zero-order chi connectivity index (χ0) is 21.5. The number of aryl methyl sites for hydroxylation is 2. The number of fused-ring (bicyclic) bond motifs is 1. The monoisotopic (exact) mass is 420 g/mol. The van der Waals surface area contributed by atoms with Gasteiger partial charge >= 0.3 is 0 Å². The van der Waals surface area contributed by atoms with Gasteiger partial charge in [0.15, 0.2) is 5.65 Å². The Morgan fingerprint density at radius 2 is 2.00 bits per heavy atom. The summed E-state index contributed by atoms with van der Waals surface area (Å²) < 4.78 is 23.5. The summed E-state index contributed by atoms with van der Waals surface area (Å²) in [4.78, 5) is 4.73. The molecule has 1 aliphatic rings. The van der Waals surface area contributed by atoms with Crippen molar-refractivity contribution in [3.05, 3.63) is 48.4 Å². The van der Waals surface area contributed by atoms with Crippen LogP contribution in [0.25, 0.3) is 22.3 Å². The Kier molecular flexibility index (Phi) is 4.84. The van der Waals surface area contributed by atoms with Gasteiger partial charge in [-0.2, -0.15) is 10.2 Å². The van der Waals surface area contributed by atoms with Crippen LogP contribution in [-0.4, -0.2) is 30.6 Å². The first kappa shape index (κ1) is 19.5. The van der Waals surface area contributed by atoms with Crippen molar-refractivity contribution in [3.8, 4) is 17.0 Å². The Morgan fingerprint density at radius 1 is 1.13 bits per heavy atom. The van der Waals surface area contributed by atoms with Gasteiger partial charge in [0.2, 0.25) is 0 Å². The molecule has 0 saturated heterocycles. The van der Waals surface area contributed by atoms with Crippen molar-refractivity contribution in [1.29, 1.82) is 0 Å². The number of nitrogens with one attached hydrogen (secondary N) is 1. The smallest absolute Gasteiger partial charge is 0.163 e. The predicted octanol–water partition coefficient (Wildman–Crippen LogP) is 4.82. The molecule has 0 spiro atoms. The number of ether oxygens (including phenoxy) is 1. The number of hydrogen-bond donors (Lipinski definition) is 1. The zero-order valence-corrected chi connectivity index (χ0v) is 17.8. The fourth-order valence-electron chi connectivity index (χ4n) is 4.20. The van der Waals surface area contributed by atoms with Crippen molar-refractivity contribution < 1.29 is 9.13 Å². The quantitative estimate of drug-likeness (QED) is 0.501. The topological polar surface area (TPSA) is 69.8 Å². The lowest BCUT2D eigenvalue weighted by Crippen LogP contribution is -2.19. The highest BCUT2D eigenvalue weighted by Gasteiger charge is 2.26. The number of rotatable bonds is 5. The maximum Gasteiger partial charge on any atom is 0.163 e. The molecule has 7 nitrogen and oxygen atoms in total. The van der Waals surface area contributed by atoms with Gasteiger partial charge < -0.3 is 10.1 Å². The molecule has 0 amide bonds. The Morgan fingerprint density at radius 3 is 2.77 bits per heavy atom. The van der Waals surface area contributed by atoms with Gasteiger partial charge in [-0.1, -0.05) is 19.1 Å². The van der Waals surface area contributed by atoms with Crippen LogP contribution in [0.3, 0.4) is 0 Å². The third-order valence-electron chi connectivity index (χ3n) is 5.98. The fourth-order valence-corrected chi connectivity index (χ4v) is 4.20. The molecule has 5 rings (SSSR count). The molecule has 1 aromatic carbocycles. The van der Waals surface area contributed by atoms with Crippen LogP contribution in [0.15, 0.2) is 42.6 Å². The molecular weight excluding hydrogens is 395 g/mol. The van der Waals surface area contributed by atoms with Gasteiger partial charge in [0.25, 0.3) is 0 Å². The zero-order valence-electron chi connectivity index (χ0n) is 17.8. The van der Waals surface area contributed by atoms with Crippen LogP contribution in [0.5, 0.6) is 5.75 Å². The average molecular weight is 420 g/mol. The molecule has 160 valence electrons. The summed E-state index contributed by atoms with van der Waals surface area (Å²) in [6.07, 6.45) is 5.44. The summed E-state index contributed by atoms with van der Waals surface area (Å²) in [6.45, 7) is 2.24. The van der Waals surface area contributed by atoms with Crippen molar-refractivity contribution in [1.82, 2.24) is 24.5 Å². The van der Waals surface area contributed by atoms with Gasteiger partial charge in [0.1, 0.15) is 29.3 Å². The molecule has 1 fully saturated rings. The lowest BCUT2D eigenvalue weighted by molar-refractivity contribution is 0.170. The maximum absolute atomic E-state index is 13.6. The molecule has 2 unspecified atom stereocenters. The number of aromatic nitrogens is 5. The molecule has 0 radical (unpaired) electrons. The summed E-state index contributed by atoms with van der Waals surface area (Å²) in [6, 6.07) is 10.2. The van der Waals surface area contributed by atoms with Crippen LogP contribution >= 0.6 is 0 Å². The van der Waals surface area contributed by atoms with Crippen LogP contribution in [0.1, 0.15) is 26.2 Å². The van der Waals surface area contributed by atoms with Gasteiger partial charge in [0, 0.05) is 31.8 Å². The van der Waals surface area contributed by atoms with Gasteiger partial charge in [0.05, 0.1) is 17.3 Å². The molecular formula is C23H25FN6O. The summed E-state index contributed by atoms with van der Waals surface area (Å²) in [5, 5.41) is 13.1. The van der Waals surface area contributed by atoms with Gasteiger partial charge in [-0.05, 0) is 37.3 Å². The second kappa shape index (κ2) is 7.68. The SMILES string of the molecule is CC1CCCC1Oc1cc(Nc2cc(-c3cccc(F)c3)nn2C)nc2c1cnn2C. The van der Waals surface area contributed by atoms with Crippen LogP contribution in [0, 0.1) is 11.7 Å². The number of anilines is 2. The molecule has 31 heavy (non-hydrogen) atoms. The van der Waals surface area contributed by atoms with E-state index in [9.17, 15) is 4.39 Å². The second-order valence-electron chi connectivity index (χ2n) is 8.25. The van der Waals surface area contributed by atoms with E-state index in [1.54, 1.807) is 21.6 Å².